The molecule has 6 heteroatoms. The molecule has 1 fully saturated rings. The van der Waals surface area contributed by atoms with Crippen LogP contribution in [0, 0.1) is 5.92 Å². The molecule has 0 spiro atoms. The fraction of sp³-hybridized carbons (Fsp3) is 0.533. The Bertz CT molecular complexity index is 528. The zero-order chi connectivity index (χ0) is 15.6. The van der Waals surface area contributed by atoms with Gasteiger partial charge in [0.25, 0.3) is 0 Å². The van der Waals surface area contributed by atoms with E-state index in [2.05, 4.69) is 6.92 Å². The summed E-state index contributed by atoms with van der Waals surface area (Å²) in [5.41, 5.74) is -0.823. The lowest BCUT2D eigenvalue weighted by Crippen LogP contribution is -2.26. The molecule has 1 aliphatic heterocycles. The number of nitrogens with zero attached hydrogens (tertiary/aromatic N) is 1. The summed E-state index contributed by atoms with van der Waals surface area (Å²) >= 11 is 0. The molecule has 0 radical (unpaired) electrons. The van der Waals surface area contributed by atoms with Crippen molar-refractivity contribution >= 4 is 11.7 Å². The van der Waals surface area contributed by atoms with Gasteiger partial charge in [-0.15, -0.1) is 0 Å². The van der Waals surface area contributed by atoms with E-state index in [9.17, 15) is 23.1 Å². The van der Waals surface area contributed by atoms with Gasteiger partial charge >= 0.3 is 12.1 Å². The number of carbonyl (C=O) groups is 1. The van der Waals surface area contributed by atoms with Gasteiger partial charge < -0.3 is 10.0 Å². The fourth-order valence-electron chi connectivity index (χ4n) is 2.66. The molecule has 0 amide bonds. The van der Waals surface area contributed by atoms with Crippen molar-refractivity contribution in [2.45, 2.75) is 32.4 Å². The number of aromatic carboxylic acids is 1. The van der Waals surface area contributed by atoms with Gasteiger partial charge in [-0.05, 0) is 43.4 Å². The van der Waals surface area contributed by atoms with Crippen LogP contribution in [0.3, 0.4) is 0 Å². The van der Waals surface area contributed by atoms with Crippen molar-refractivity contribution in [3.05, 3.63) is 29.3 Å². The van der Waals surface area contributed by atoms with Crippen LogP contribution in [0.1, 0.15) is 42.1 Å². The van der Waals surface area contributed by atoms with E-state index in [-0.39, 0.29) is 5.56 Å². The third-order valence-electron chi connectivity index (χ3n) is 3.91. The molecule has 3 nitrogen and oxygen atoms in total. The summed E-state index contributed by atoms with van der Waals surface area (Å²) in [4.78, 5) is 13.2. The summed E-state index contributed by atoms with van der Waals surface area (Å²) in [6.45, 7) is 3.48. The highest BCUT2D eigenvalue weighted by Crippen LogP contribution is 2.34. The van der Waals surface area contributed by atoms with Gasteiger partial charge in [-0.3, -0.25) is 0 Å². The van der Waals surface area contributed by atoms with Crippen LogP contribution in [0.2, 0.25) is 0 Å². The largest absolute Gasteiger partial charge is 0.478 e. The first-order valence-electron chi connectivity index (χ1n) is 6.98. The van der Waals surface area contributed by atoms with Gasteiger partial charge in [-0.2, -0.15) is 13.2 Å². The van der Waals surface area contributed by atoms with E-state index >= 15 is 0 Å². The molecule has 1 atom stereocenters. The van der Waals surface area contributed by atoms with Crippen LogP contribution >= 0.6 is 0 Å². The first-order chi connectivity index (χ1) is 9.79. The van der Waals surface area contributed by atoms with Crippen LogP contribution in [0.25, 0.3) is 0 Å². The molecule has 0 aliphatic carbocycles. The third kappa shape index (κ3) is 3.68. The van der Waals surface area contributed by atoms with Crippen LogP contribution in [-0.4, -0.2) is 24.2 Å². The van der Waals surface area contributed by atoms with Crippen LogP contribution in [0.15, 0.2) is 18.2 Å². The van der Waals surface area contributed by atoms with E-state index < -0.39 is 17.7 Å². The molecule has 1 aliphatic rings. The van der Waals surface area contributed by atoms with E-state index in [1.165, 1.54) is 6.07 Å². The number of anilines is 1. The minimum absolute atomic E-state index is 0.278. The number of hydrogen-bond donors (Lipinski definition) is 1. The van der Waals surface area contributed by atoms with Crippen molar-refractivity contribution in [1.82, 2.24) is 0 Å². The van der Waals surface area contributed by atoms with Gasteiger partial charge in [0.15, 0.2) is 0 Å². The molecule has 1 heterocycles. The first kappa shape index (κ1) is 15.7. The van der Waals surface area contributed by atoms with Gasteiger partial charge in [0.05, 0.1) is 16.8 Å². The number of carboxylic acid groups (broad SMARTS) is 1. The summed E-state index contributed by atoms with van der Waals surface area (Å²) in [6, 6.07) is 2.96. The number of halogens is 3. The average Bonchev–Trinajstić information content (AvgIpc) is 2.61. The number of hydrogen-bond acceptors (Lipinski definition) is 2. The van der Waals surface area contributed by atoms with Crippen LogP contribution in [0.4, 0.5) is 18.9 Å². The lowest BCUT2D eigenvalue weighted by Gasteiger charge is -2.25. The first-order valence-corrected chi connectivity index (χ1v) is 6.98. The monoisotopic (exact) mass is 301 g/mol. The molecule has 1 aromatic carbocycles. The number of rotatable bonds is 2. The molecule has 2 rings (SSSR count). The number of alkyl halides is 3. The van der Waals surface area contributed by atoms with Crippen molar-refractivity contribution in [1.29, 1.82) is 0 Å². The Morgan fingerprint density at radius 3 is 2.62 bits per heavy atom. The van der Waals surface area contributed by atoms with Gasteiger partial charge in [-0.25, -0.2) is 4.79 Å². The molecule has 1 aromatic rings. The lowest BCUT2D eigenvalue weighted by molar-refractivity contribution is -0.137. The van der Waals surface area contributed by atoms with Gasteiger partial charge in [0.2, 0.25) is 0 Å². The summed E-state index contributed by atoms with van der Waals surface area (Å²) in [6.07, 6.45) is -1.64. The Morgan fingerprint density at radius 1 is 1.29 bits per heavy atom. The predicted molar refractivity (Wildman–Crippen MR) is 73.6 cm³/mol. The standard InChI is InChI=1S/C15H18F3NO2/c1-10-3-2-7-19(8-6-10)13-5-4-11(15(16,17)18)9-12(13)14(20)21/h4-5,9-10H,2-3,6-8H2,1H3,(H,20,21). The molecule has 0 aromatic heterocycles. The maximum Gasteiger partial charge on any atom is 0.416 e. The Balaban J connectivity index is 2.36. The van der Waals surface area contributed by atoms with Crippen molar-refractivity contribution in [2.24, 2.45) is 5.92 Å². The van der Waals surface area contributed by atoms with E-state index in [0.29, 0.717) is 24.7 Å². The zero-order valence-electron chi connectivity index (χ0n) is 11.8. The fourth-order valence-corrected chi connectivity index (χ4v) is 2.66. The van der Waals surface area contributed by atoms with E-state index in [0.717, 1.165) is 31.4 Å². The molecule has 0 bridgehead atoms. The van der Waals surface area contributed by atoms with Gasteiger partial charge in [0.1, 0.15) is 0 Å². The van der Waals surface area contributed by atoms with Crippen molar-refractivity contribution in [2.75, 3.05) is 18.0 Å². The maximum atomic E-state index is 12.7. The molecule has 21 heavy (non-hydrogen) atoms. The van der Waals surface area contributed by atoms with Crippen molar-refractivity contribution in [3.8, 4) is 0 Å². The molecule has 1 unspecified atom stereocenters. The zero-order valence-corrected chi connectivity index (χ0v) is 11.8. The van der Waals surface area contributed by atoms with Crippen molar-refractivity contribution < 1.29 is 23.1 Å². The van der Waals surface area contributed by atoms with E-state index in [1.54, 1.807) is 0 Å². The van der Waals surface area contributed by atoms with Crippen molar-refractivity contribution in [3.63, 3.8) is 0 Å². The minimum Gasteiger partial charge on any atom is -0.478 e. The summed E-state index contributed by atoms with van der Waals surface area (Å²) in [5.74, 6) is -0.772. The Morgan fingerprint density at radius 2 is 2.00 bits per heavy atom. The van der Waals surface area contributed by atoms with Crippen LogP contribution < -0.4 is 4.90 Å². The highest BCUT2D eigenvalue weighted by atomic mass is 19.4. The smallest absolute Gasteiger partial charge is 0.416 e. The average molecular weight is 301 g/mol. The Labute approximate surface area is 121 Å². The molecular formula is C15H18F3NO2. The SMILES string of the molecule is CC1CCCN(c2ccc(C(F)(F)F)cc2C(=O)O)CC1. The summed E-state index contributed by atoms with van der Waals surface area (Å²) in [7, 11) is 0. The number of carboxylic acids is 1. The van der Waals surface area contributed by atoms with Gasteiger partial charge in [-0.1, -0.05) is 6.92 Å². The van der Waals surface area contributed by atoms with Crippen LogP contribution in [-0.2, 0) is 6.18 Å². The quantitative estimate of drug-likeness (QED) is 0.896. The predicted octanol–water partition coefficient (Wildman–Crippen LogP) is 4.03. The molecular weight excluding hydrogens is 283 g/mol. The third-order valence-corrected chi connectivity index (χ3v) is 3.91. The second kappa shape index (κ2) is 5.95. The lowest BCUT2D eigenvalue weighted by atomic mass is 10.0. The molecule has 116 valence electrons. The van der Waals surface area contributed by atoms with E-state index in [4.69, 9.17) is 0 Å². The van der Waals surface area contributed by atoms with Gasteiger partial charge in [0, 0.05) is 13.1 Å². The second-order valence-electron chi connectivity index (χ2n) is 5.56. The van der Waals surface area contributed by atoms with Crippen LogP contribution in [0.5, 0.6) is 0 Å². The normalized spacial score (nSPS) is 20.2. The number of benzene rings is 1. The summed E-state index contributed by atoms with van der Waals surface area (Å²) in [5, 5.41) is 9.21. The topological polar surface area (TPSA) is 40.5 Å². The summed E-state index contributed by atoms with van der Waals surface area (Å²) < 4.78 is 38.1. The molecule has 1 N–H and O–H groups in total. The highest BCUT2D eigenvalue weighted by Gasteiger charge is 2.32. The molecule has 0 saturated carbocycles. The maximum absolute atomic E-state index is 12.7. The molecule has 1 saturated heterocycles. The second-order valence-corrected chi connectivity index (χ2v) is 5.56. The van der Waals surface area contributed by atoms with E-state index in [1.807, 2.05) is 4.90 Å². The Kier molecular flexibility index (Phi) is 4.44. The highest BCUT2D eigenvalue weighted by molar-refractivity contribution is 5.94. The minimum atomic E-state index is -4.53. The Hall–Kier alpha value is -1.72.